The molecule has 0 fully saturated rings. The Morgan fingerprint density at radius 3 is 2.89 bits per heavy atom. The van der Waals surface area contributed by atoms with Crippen molar-refractivity contribution in [2.45, 2.75) is 25.9 Å². The molecule has 6 heteroatoms. The number of nitrogens with two attached hydrogens (primary N) is 1. The molecule has 3 aromatic heterocycles. The van der Waals surface area contributed by atoms with Gasteiger partial charge in [0.15, 0.2) is 5.65 Å². The summed E-state index contributed by atoms with van der Waals surface area (Å²) in [4.78, 5) is 12.7. The minimum Gasteiger partial charge on any atom is -0.369 e. The summed E-state index contributed by atoms with van der Waals surface area (Å²) in [7, 11) is 0. The molecule has 0 atom stereocenters. The van der Waals surface area contributed by atoms with Gasteiger partial charge >= 0.3 is 0 Å². The minimum atomic E-state index is 0.538. The van der Waals surface area contributed by atoms with Crippen molar-refractivity contribution in [2.24, 2.45) is 0 Å². The highest BCUT2D eigenvalue weighted by molar-refractivity contribution is 5.73. The van der Waals surface area contributed by atoms with Gasteiger partial charge < -0.3 is 10.3 Å². The number of imidazole rings is 2. The molecule has 98 valence electrons. The second-order valence-electron chi connectivity index (χ2n) is 4.48. The van der Waals surface area contributed by atoms with Crippen LogP contribution in [-0.4, -0.2) is 24.1 Å². The molecular formula is C13H16N6. The number of fused-ring (bicyclic) bond motifs is 1. The first-order valence-corrected chi connectivity index (χ1v) is 6.37. The van der Waals surface area contributed by atoms with E-state index in [0.29, 0.717) is 5.95 Å². The first kappa shape index (κ1) is 11.7. The van der Waals surface area contributed by atoms with Crippen molar-refractivity contribution in [1.82, 2.24) is 24.1 Å². The summed E-state index contributed by atoms with van der Waals surface area (Å²) in [5.41, 5.74) is 7.65. The Morgan fingerprint density at radius 2 is 2.05 bits per heavy atom. The first-order chi connectivity index (χ1) is 9.34. The quantitative estimate of drug-likeness (QED) is 0.705. The van der Waals surface area contributed by atoms with E-state index in [1.807, 2.05) is 29.2 Å². The van der Waals surface area contributed by atoms with E-state index in [4.69, 9.17) is 5.73 Å². The van der Waals surface area contributed by atoms with Crippen LogP contribution >= 0.6 is 0 Å². The van der Waals surface area contributed by atoms with Crippen LogP contribution in [0.4, 0.5) is 5.95 Å². The van der Waals surface area contributed by atoms with E-state index in [1.165, 1.54) is 0 Å². The van der Waals surface area contributed by atoms with Crippen LogP contribution in [0.25, 0.3) is 11.2 Å². The zero-order chi connectivity index (χ0) is 13.1. The second-order valence-corrected chi connectivity index (χ2v) is 4.48. The highest BCUT2D eigenvalue weighted by atomic mass is 15.2. The Kier molecular flexibility index (Phi) is 3.14. The summed E-state index contributed by atoms with van der Waals surface area (Å²) in [6, 6.07) is 3.80. The fourth-order valence-electron chi connectivity index (χ4n) is 2.18. The van der Waals surface area contributed by atoms with Gasteiger partial charge in [0.2, 0.25) is 5.95 Å². The fraction of sp³-hybridized carbons (Fsp3) is 0.308. The zero-order valence-electron chi connectivity index (χ0n) is 10.6. The van der Waals surface area contributed by atoms with E-state index >= 15 is 0 Å². The Bertz CT molecular complexity index is 655. The van der Waals surface area contributed by atoms with Crippen molar-refractivity contribution in [3.05, 3.63) is 37.1 Å². The summed E-state index contributed by atoms with van der Waals surface area (Å²) in [6.45, 7) is 1.81. The van der Waals surface area contributed by atoms with Gasteiger partial charge in [-0.3, -0.25) is 4.57 Å². The van der Waals surface area contributed by atoms with Crippen LogP contribution in [0.5, 0.6) is 0 Å². The number of nitrogen functional groups attached to an aromatic ring is 1. The van der Waals surface area contributed by atoms with Crippen molar-refractivity contribution in [1.29, 1.82) is 0 Å². The van der Waals surface area contributed by atoms with Gasteiger partial charge in [-0.25, -0.2) is 15.0 Å². The van der Waals surface area contributed by atoms with Crippen LogP contribution in [0.1, 0.15) is 12.8 Å². The predicted octanol–water partition coefficient (Wildman–Crippen LogP) is 1.69. The van der Waals surface area contributed by atoms with Gasteiger partial charge in [-0.15, -0.1) is 0 Å². The van der Waals surface area contributed by atoms with Gasteiger partial charge in [0.05, 0.1) is 6.33 Å². The number of rotatable bonds is 5. The van der Waals surface area contributed by atoms with E-state index < -0.39 is 0 Å². The maximum Gasteiger partial charge on any atom is 0.202 e. The lowest BCUT2D eigenvalue weighted by molar-refractivity contribution is 0.560. The summed E-state index contributed by atoms with van der Waals surface area (Å²) in [5, 5.41) is 0. The molecule has 0 saturated heterocycles. The number of unbranched alkanes of at least 4 members (excludes halogenated alkanes) is 1. The maximum absolute atomic E-state index is 5.93. The lowest BCUT2D eigenvalue weighted by Crippen LogP contribution is -2.05. The minimum absolute atomic E-state index is 0.538. The molecule has 3 aromatic rings. The van der Waals surface area contributed by atoms with Gasteiger partial charge in [0.1, 0.15) is 5.52 Å². The number of hydrogen-bond acceptors (Lipinski definition) is 4. The Labute approximate surface area is 110 Å². The average Bonchev–Trinajstić information content (AvgIpc) is 3.02. The molecule has 0 aromatic carbocycles. The predicted molar refractivity (Wildman–Crippen MR) is 73.4 cm³/mol. The van der Waals surface area contributed by atoms with Crippen molar-refractivity contribution in [2.75, 3.05) is 5.73 Å². The van der Waals surface area contributed by atoms with E-state index in [9.17, 15) is 0 Å². The molecule has 0 aliphatic rings. The van der Waals surface area contributed by atoms with Crippen molar-refractivity contribution in [3.63, 3.8) is 0 Å². The third-order valence-electron chi connectivity index (χ3n) is 3.14. The van der Waals surface area contributed by atoms with E-state index in [2.05, 4.69) is 19.5 Å². The Hall–Kier alpha value is -2.37. The van der Waals surface area contributed by atoms with Gasteiger partial charge in [0, 0.05) is 31.7 Å². The standard InChI is InChI=1S/C13H16N6/c14-13-17-11-4-3-5-16-12(11)19(13)8-2-1-7-18-9-6-15-10-18/h3-6,9-10H,1-2,7-8H2,(H2,14,17). The lowest BCUT2D eigenvalue weighted by atomic mass is 10.3. The van der Waals surface area contributed by atoms with Gasteiger partial charge in [-0.2, -0.15) is 0 Å². The topological polar surface area (TPSA) is 74.5 Å². The van der Waals surface area contributed by atoms with Crippen LogP contribution in [-0.2, 0) is 13.1 Å². The first-order valence-electron chi connectivity index (χ1n) is 6.37. The molecule has 0 spiro atoms. The SMILES string of the molecule is Nc1nc2cccnc2n1CCCCn1ccnc1. The van der Waals surface area contributed by atoms with Gasteiger partial charge in [-0.1, -0.05) is 0 Å². The highest BCUT2D eigenvalue weighted by Crippen LogP contribution is 2.15. The summed E-state index contributed by atoms with van der Waals surface area (Å²) in [5.74, 6) is 0.538. The van der Waals surface area contributed by atoms with E-state index in [1.54, 1.807) is 12.4 Å². The lowest BCUT2D eigenvalue weighted by Gasteiger charge is -2.06. The molecule has 0 radical (unpaired) electrons. The maximum atomic E-state index is 5.93. The number of aryl methyl sites for hydroxylation is 2. The summed E-state index contributed by atoms with van der Waals surface area (Å²) in [6.07, 6.45) is 9.48. The molecular weight excluding hydrogens is 240 g/mol. The molecule has 3 rings (SSSR count). The molecule has 19 heavy (non-hydrogen) atoms. The Balaban J connectivity index is 1.63. The normalized spacial score (nSPS) is 11.2. The van der Waals surface area contributed by atoms with Crippen LogP contribution in [0.15, 0.2) is 37.1 Å². The zero-order valence-corrected chi connectivity index (χ0v) is 10.6. The number of aromatic nitrogens is 5. The molecule has 0 saturated carbocycles. The monoisotopic (exact) mass is 256 g/mol. The third-order valence-corrected chi connectivity index (χ3v) is 3.14. The Morgan fingerprint density at radius 1 is 1.16 bits per heavy atom. The molecule has 3 heterocycles. The molecule has 0 unspecified atom stereocenters. The second kappa shape index (κ2) is 5.09. The summed E-state index contributed by atoms with van der Waals surface area (Å²) < 4.78 is 4.05. The van der Waals surface area contributed by atoms with Crippen LogP contribution in [0.3, 0.4) is 0 Å². The third kappa shape index (κ3) is 2.42. The number of nitrogens with zero attached hydrogens (tertiary/aromatic N) is 5. The highest BCUT2D eigenvalue weighted by Gasteiger charge is 2.07. The molecule has 0 aliphatic carbocycles. The molecule has 0 amide bonds. The number of hydrogen-bond donors (Lipinski definition) is 1. The molecule has 2 N–H and O–H groups in total. The largest absolute Gasteiger partial charge is 0.369 e. The average molecular weight is 256 g/mol. The van der Waals surface area contributed by atoms with Crippen LogP contribution < -0.4 is 5.73 Å². The summed E-state index contributed by atoms with van der Waals surface area (Å²) >= 11 is 0. The molecule has 0 aliphatic heterocycles. The van der Waals surface area contributed by atoms with Crippen molar-refractivity contribution in [3.8, 4) is 0 Å². The van der Waals surface area contributed by atoms with Gasteiger partial charge in [0.25, 0.3) is 0 Å². The van der Waals surface area contributed by atoms with E-state index in [-0.39, 0.29) is 0 Å². The van der Waals surface area contributed by atoms with E-state index in [0.717, 1.165) is 37.1 Å². The van der Waals surface area contributed by atoms with Crippen molar-refractivity contribution < 1.29 is 0 Å². The smallest absolute Gasteiger partial charge is 0.202 e. The van der Waals surface area contributed by atoms with Gasteiger partial charge in [-0.05, 0) is 25.0 Å². The molecule has 0 bridgehead atoms. The number of pyridine rings is 1. The number of anilines is 1. The van der Waals surface area contributed by atoms with Crippen molar-refractivity contribution >= 4 is 17.1 Å². The fourth-order valence-corrected chi connectivity index (χ4v) is 2.18. The van der Waals surface area contributed by atoms with Crippen LogP contribution in [0, 0.1) is 0 Å². The molecule has 6 nitrogen and oxygen atoms in total. The van der Waals surface area contributed by atoms with Crippen LogP contribution in [0.2, 0.25) is 0 Å².